The Hall–Kier alpha value is -2.74. The van der Waals surface area contributed by atoms with Gasteiger partial charge in [-0.05, 0) is 36.8 Å². The lowest BCUT2D eigenvalue weighted by atomic mass is 10.2. The lowest BCUT2D eigenvalue weighted by Crippen LogP contribution is -2.11. The Bertz CT molecular complexity index is 875. The van der Waals surface area contributed by atoms with Crippen molar-refractivity contribution in [2.75, 3.05) is 20.8 Å². The van der Waals surface area contributed by atoms with Crippen molar-refractivity contribution in [2.24, 2.45) is 0 Å². The van der Waals surface area contributed by atoms with Crippen molar-refractivity contribution in [3.8, 4) is 23.0 Å². The Kier molecular flexibility index (Phi) is 6.46. The second-order valence-electron chi connectivity index (χ2n) is 5.34. The fourth-order valence-electron chi connectivity index (χ4n) is 2.22. The van der Waals surface area contributed by atoms with Crippen LogP contribution in [0.1, 0.15) is 12.0 Å². The molecule has 0 aliphatic carbocycles. The van der Waals surface area contributed by atoms with E-state index in [4.69, 9.17) is 18.4 Å². The second-order valence-corrected chi connectivity index (χ2v) is 6.85. The highest BCUT2D eigenvalue weighted by Crippen LogP contribution is 2.32. The van der Waals surface area contributed by atoms with Gasteiger partial charge in [0.15, 0.2) is 4.90 Å². The summed E-state index contributed by atoms with van der Waals surface area (Å²) >= 11 is 0. The van der Waals surface area contributed by atoms with E-state index in [0.29, 0.717) is 11.5 Å². The molecule has 0 saturated heterocycles. The fraction of sp³-hybridized carbons (Fsp3) is 0.278. The van der Waals surface area contributed by atoms with Gasteiger partial charge in [-0.25, -0.2) is 0 Å². The van der Waals surface area contributed by atoms with Crippen LogP contribution in [0.3, 0.4) is 0 Å². The predicted molar refractivity (Wildman–Crippen MR) is 94.7 cm³/mol. The summed E-state index contributed by atoms with van der Waals surface area (Å²) in [5.74, 6) is 1.00. The SMILES string of the molecule is COc1ccc(OC)c(S(=O)(=O)Oc2cc(C)cc(OCCC=O)c2)c1. The molecule has 0 aliphatic rings. The van der Waals surface area contributed by atoms with Crippen LogP contribution in [0.5, 0.6) is 23.0 Å². The Morgan fingerprint density at radius 3 is 2.35 bits per heavy atom. The van der Waals surface area contributed by atoms with Crippen molar-refractivity contribution < 1.29 is 31.6 Å². The minimum Gasteiger partial charge on any atom is -0.497 e. The van der Waals surface area contributed by atoms with E-state index in [1.165, 1.54) is 32.4 Å². The average molecular weight is 380 g/mol. The molecule has 0 radical (unpaired) electrons. The molecule has 0 aliphatic heterocycles. The summed E-state index contributed by atoms with van der Waals surface area (Å²) in [6.45, 7) is 1.97. The topological polar surface area (TPSA) is 88.1 Å². The van der Waals surface area contributed by atoms with Crippen molar-refractivity contribution in [3.63, 3.8) is 0 Å². The third-order valence-corrected chi connectivity index (χ3v) is 4.64. The van der Waals surface area contributed by atoms with Gasteiger partial charge in [0.25, 0.3) is 0 Å². The molecular weight excluding hydrogens is 360 g/mol. The molecule has 0 amide bonds. The van der Waals surface area contributed by atoms with Gasteiger partial charge in [-0.2, -0.15) is 8.42 Å². The number of aryl methyl sites for hydroxylation is 1. The van der Waals surface area contributed by atoms with Gasteiger partial charge in [0.1, 0.15) is 29.3 Å². The molecule has 2 aromatic rings. The number of carbonyl (C=O) groups is 1. The molecule has 2 rings (SSSR count). The van der Waals surface area contributed by atoms with Crippen LogP contribution in [0.15, 0.2) is 41.3 Å². The van der Waals surface area contributed by atoms with E-state index < -0.39 is 10.1 Å². The van der Waals surface area contributed by atoms with E-state index in [2.05, 4.69) is 0 Å². The van der Waals surface area contributed by atoms with E-state index in [1.54, 1.807) is 25.1 Å². The number of rotatable bonds is 9. The zero-order chi connectivity index (χ0) is 19.2. The van der Waals surface area contributed by atoms with Gasteiger partial charge in [0, 0.05) is 18.6 Å². The molecule has 0 aromatic heterocycles. The normalized spacial score (nSPS) is 10.9. The first-order chi connectivity index (χ1) is 12.4. The maximum absolute atomic E-state index is 12.7. The number of methoxy groups -OCH3 is 2. The maximum atomic E-state index is 12.7. The summed E-state index contributed by atoms with van der Waals surface area (Å²) in [6.07, 6.45) is 0.982. The molecule has 26 heavy (non-hydrogen) atoms. The first kappa shape index (κ1) is 19.6. The van der Waals surface area contributed by atoms with E-state index in [0.717, 1.165) is 11.8 Å². The summed E-state index contributed by atoms with van der Waals surface area (Å²) in [5, 5.41) is 0. The molecule has 0 atom stereocenters. The zero-order valence-electron chi connectivity index (χ0n) is 14.7. The summed E-state index contributed by atoms with van der Waals surface area (Å²) in [6, 6.07) is 9.13. The van der Waals surface area contributed by atoms with Crippen molar-refractivity contribution in [2.45, 2.75) is 18.2 Å². The third kappa shape index (κ3) is 4.89. The molecule has 0 heterocycles. The van der Waals surface area contributed by atoms with Gasteiger partial charge in [0.05, 0.1) is 20.8 Å². The van der Waals surface area contributed by atoms with Crippen LogP contribution >= 0.6 is 0 Å². The van der Waals surface area contributed by atoms with Gasteiger partial charge in [-0.1, -0.05) is 0 Å². The quantitative estimate of drug-likeness (QED) is 0.375. The van der Waals surface area contributed by atoms with E-state index in [-0.39, 0.29) is 29.4 Å². The van der Waals surface area contributed by atoms with Gasteiger partial charge < -0.3 is 23.2 Å². The van der Waals surface area contributed by atoms with Crippen LogP contribution in [0.25, 0.3) is 0 Å². The van der Waals surface area contributed by atoms with Gasteiger partial charge in [-0.3, -0.25) is 0 Å². The Morgan fingerprint density at radius 1 is 0.962 bits per heavy atom. The zero-order valence-corrected chi connectivity index (χ0v) is 15.5. The highest BCUT2D eigenvalue weighted by Gasteiger charge is 2.23. The minimum atomic E-state index is -4.16. The lowest BCUT2D eigenvalue weighted by Gasteiger charge is -2.13. The van der Waals surface area contributed by atoms with Crippen LogP contribution in [0.4, 0.5) is 0 Å². The monoisotopic (exact) mass is 380 g/mol. The number of ether oxygens (including phenoxy) is 3. The average Bonchev–Trinajstić information content (AvgIpc) is 2.60. The van der Waals surface area contributed by atoms with Crippen molar-refractivity contribution >= 4 is 16.4 Å². The molecule has 0 unspecified atom stereocenters. The standard InChI is InChI=1S/C18H20O7S/c1-13-9-15(24-8-4-7-19)11-16(10-13)25-26(20,21)18-12-14(22-2)5-6-17(18)23-3/h5-7,9-12H,4,8H2,1-3H3. The van der Waals surface area contributed by atoms with Crippen molar-refractivity contribution in [1.29, 1.82) is 0 Å². The highest BCUT2D eigenvalue weighted by atomic mass is 32.2. The summed E-state index contributed by atoms with van der Waals surface area (Å²) in [4.78, 5) is 10.2. The summed E-state index contributed by atoms with van der Waals surface area (Å²) < 4.78 is 46.2. The molecule has 2 aromatic carbocycles. The number of hydrogen-bond donors (Lipinski definition) is 0. The third-order valence-electron chi connectivity index (χ3n) is 3.37. The number of hydrogen-bond acceptors (Lipinski definition) is 7. The molecule has 0 fully saturated rings. The Labute approximate surface area is 152 Å². The summed E-state index contributed by atoms with van der Waals surface area (Å²) in [5.41, 5.74) is 0.747. The van der Waals surface area contributed by atoms with Crippen LogP contribution in [-0.4, -0.2) is 35.5 Å². The van der Waals surface area contributed by atoms with Crippen LogP contribution in [0.2, 0.25) is 0 Å². The largest absolute Gasteiger partial charge is 0.497 e. The van der Waals surface area contributed by atoms with Crippen molar-refractivity contribution in [1.82, 2.24) is 0 Å². The van der Waals surface area contributed by atoms with Gasteiger partial charge >= 0.3 is 10.1 Å². The van der Waals surface area contributed by atoms with E-state index in [1.807, 2.05) is 0 Å². The molecule has 0 saturated carbocycles. The Morgan fingerprint density at radius 2 is 1.69 bits per heavy atom. The summed E-state index contributed by atoms with van der Waals surface area (Å²) in [7, 11) is -1.36. The highest BCUT2D eigenvalue weighted by molar-refractivity contribution is 7.87. The van der Waals surface area contributed by atoms with Crippen LogP contribution < -0.4 is 18.4 Å². The molecule has 140 valence electrons. The maximum Gasteiger partial charge on any atom is 0.343 e. The molecule has 0 spiro atoms. The van der Waals surface area contributed by atoms with Crippen molar-refractivity contribution in [3.05, 3.63) is 42.0 Å². The second kappa shape index (κ2) is 8.57. The molecular formula is C18H20O7S. The molecule has 0 bridgehead atoms. The first-order valence-electron chi connectivity index (χ1n) is 7.74. The Balaban J connectivity index is 2.33. The van der Waals surface area contributed by atoms with Crippen LogP contribution in [-0.2, 0) is 14.9 Å². The lowest BCUT2D eigenvalue weighted by molar-refractivity contribution is -0.108. The van der Waals surface area contributed by atoms with E-state index in [9.17, 15) is 13.2 Å². The number of carbonyl (C=O) groups excluding carboxylic acids is 1. The number of benzene rings is 2. The van der Waals surface area contributed by atoms with E-state index >= 15 is 0 Å². The van der Waals surface area contributed by atoms with Gasteiger partial charge in [0.2, 0.25) is 0 Å². The smallest absolute Gasteiger partial charge is 0.343 e. The van der Waals surface area contributed by atoms with Gasteiger partial charge in [-0.15, -0.1) is 0 Å². The fourth-order valence-corrected chi connectivity index (χ4v) is 3.32. The number of aldehydes is 1. The predicted octanol–water partition coefficient (Wildman–Crippen LogP) is 2.75. The minimum absolute atomic E-state index is 0.0935. The molecule has 0 N–H and O–H groups in total. The first-order valence-corrected chi connectivity index (χ1v) is 9.15. The molecule has 8 heteroatoms. The molecule has 7 nitrogen and oxygen atoms in total. The van der Waals surface area contributed by atoms with Crippen LogP contribution in [0, 0.1) is 6.92 Å².